The maximum Gasteiger partial charge on any atom is 0.264 e. The van der Waals surface area contributed by atoms with Gasteiger partial charge < -0.3 is 15.0 Å². The van der Waals surface area contributed by atoms with Crippen molar-refractivity contribution >= 4 is 40.7 Å². The summed E-state index contributed by atoms with van der Waals surface area (Å²) in [6, 6.07) is 12.5. The van der Waals surface area contributed by atoms with Crippen LogP contribution in [0, 0.1) is 5.82 Å². The van der Waals surface area contributed by atoms with Crippen molar-refractivity contribution < 1.29 is 18.7 Å². The molecule has 33 heavy (non-hydrogen) atoms. The van der Waals surface area contributed by atoms with Crippen LogP contribution in [0.5, 0.6) is 5.75 Å². The van der Waals surface area contributed by atoms with Gasteiger partial charge in [-0.1, -0.05) is 36.2 Å². The van der Waals surface area contributed by atoms with Crippen LogP contribution in [0.1, 0.15) is 34.8 Å². The van der Waals surface area contributed by atoms with Gasteiger partial charge in [-0.05, 0) is 54.4 Å². The minimum Gasteiger partial charge on any atom is -0.480 e. The number of ether oxygens (including phenoxy) is 1. The third-order valence-corrected chi connectivity index (χ3v) is 5.94. The number of hydrogen-bond donors (Lipinski definition) is 1. The predicted molar refractivity (Wildman–Crippen MR) is 124 cm³/mol. The van der Waals surface area contributed by atoms with E-state index >= 15 is 0 Å². The topological polar surface area (TPSA) is 71.5 Å². The SMILES string of the molecule is CCC1Oc2ccc(NC(=O)c3cccnc3Cl)cc2CN(Cc2ccc(F)cc2Cl)C1=O. The molecule has 6 nitrogen and oxygen atoms in total. The largest absolute Gasteiger partial charge is 0.480 e. The van der Waals surface area contributed by atoms with E-state index in [1.807, 2.05) is 6.92 Å². The predicted octanol–water partition coefficient (Wildman–Crippen LogP) is 5.48. The fraction of sp³-hybridized carbons (Fsp3) is 0.208. The zero-order valence-corrected chi connectivity index (χ0v) is 19.2. The Morgan fingerprint density at radius 1 is 1.24 bits per heavy atom. The molecule has 1 aliphatic heterocycles. The molecular weight excluding hydrogens is 468 g/mol. The van der Waals surface area contributed by atoms with Crippen LogP contribution < -0.4 is 10.1 Å². The second-order valence-corrected chi connectivity index (χ2v) is 8.33. The molecule has 0 saturated heterocycles. The van der Waals surface area contributed by atoms with E-state index in [1.54, 1.807) is 41.3 Å². The summed E-state index contributed by atoms with van der Waals surface area (Å²) < 4.78 is 19.4. The Kier molecular flexibility index (Phi) is 6.81. The number of carbonyl (C=O) groups is 2. The van der Waals surface area contributed by atoms with Gasteiger partial charge in [-0.2, -0.15) is 0 Å². The molecule has 4 rings (SSSR count). The molecule has 9 heteroatoms. The number of fused-ring (bicyclic) bond motifs is 1. The lowest BCUT2D eigenvalue weighted by Crippen LogP contribution is -2.38. The molecule has 2 amide bonds. The van der Waals surface area contributed by atoms with Gasteiger partial charge in [-0.25, -0.2) is 9.37 Å². The van der Waals surface area contributed by atoms with Crippen LogP contribution >= 0.6 is 23.2 Å². The summed E-state index contributed by atoms with van der Waals surface area (Å²) in [5.74, 6) is -0.484. The molecule has 1 aliphatic rings. The van der Waals surface area contributed by atoms with Gasteiger partial charge in [0.05, 0.1) is 5.56 Å². The van der Waals surface area contributed by atoms with Crippen LogP contribution in [-0.4, -0.2) is 27.8 Å². The summed E-state index contributed by atoms with van der Waals surface area (Å²) in [5, 5.41) is 3.15. The summed E-state index contributed by atoms with van der Waals surface area (Å²) >= 11 is 12.2. The first kappa shape index (κ1) is 23.0. The van der Waals surface area contributed by atoms with Crippen molar-refractivity contribution in [2.75, 3.05) is 5.32 Å². The molecule has 0 radical (unpaired) electrons. The van der Waals surface area contributed by atoms with Crippen molar-refractivity contribution in [2.24, 2.45) is 0 Å². The number of nitrogens with zero attached hydrogens (tertiary/aromatic N) is 2. The van der Waals surface area contributed by atoms with E-state index in [1.165, 1.54) is 18.3 Å². The Morgan fingerprint density at radius 2 is 2.06 bits per heavy atom. The number of benzene rings is 2. The van der Waals surface area contributed by atoms with Crippen LogP contribution in [0.2, 0.25) is 10.2 Å². The fourth-order valence-corrected chi connectivity index (χ4v) is 4.02. The summed E-state index contributed by atoms with van der Waals surface area (Å²) in [6.07, 6.45) is 1.31. The molecular formula is C24H20Cl2FN3O3. The third-order valence-electron chi connectivity index (χ3n) is 5.29. The Labute approximate surface area is 200 Å². The molecule has 0 spiro atoms. The van der Waals surface area contributed by atoms with Gasteiger partial charge in [0.2, 0.25) is 0 Å². The second-order valence-electron chi connectivity index (χ2n) is 7.56. The lowest BCUT2D eigenvalue weighted by molar-refractivity contribution is -0.139. The average Bonchev–Trinajstić information content (AvgIpc) is 2.92. The van der Waals surface area contributed by atoms with E-state index in [0.29, 0.717) is 29.0 Å². The van der Waals surface area contributed by atoms with E-state index in [-0.39, 0.29) is 34.7 Å². The first-order chi connectivity index (χ1) is 15.9. The molecule has 170 valence electrons. The van der Waals surface area contributed by atoms with Gasteiger partial charge in [0.15, 0.2) is 6.10 Å². The minimum atomic E-state index is -0.667. The van der Waals surface area contributed by atoms with Crippen LogP contribution in [-0.2, 0) is 17.9 Å². The Hall–Kier alpha value is -3.16. The molecule has 1 N–H and O–H groups in total. The van der Waals surface area contributed by atoms with E-state index < -0.39 is 17.8 Å². The fourth-order valence-electron chi connectivity index (χ4n) is 3.59. The monoisotopic (exact) mass is 487 g/mol. The van der Waals surface area contributed by atoms with Gasteiger partial charge >= 0.3 is 0 Å². The molecule has 2 aromatic carbocycles. The van der Waals surface area contributed by atoms with Crippen LogP contribution in [0.25, 0.3) is 0 Å². The zero-order chi connectivity index (χ0) is 23.5. The van der Waals surface area contributed by atoms with E-state index in [0.717, 1.165) is 0 Å². The van der Waals surface area contributed by atoms with Gasteiger partial charge in [-0.15, -0.1) is 0 Å². The quantitative estimate of drug-likeness (QED) is 0.483. The van der Waals surface area contributed by atoms with Gasteiger partial charge in [0.1, 0.15) is 16.7 Å². The Morgan fingerprint density at radius 3 is 2.79 bits per heavy atom. The van der Waals surface area contributed by atoms with Crippen molar-refractivity contribution in [3.8, 4) is 5.75 Å². The van der Waals surface area contributed by atoms with Crippen molar-refractivity contribution in [1.82, 2.24) is 9.88 Å². The highest BCUT2D eigenvalue weighted by atomic mass is 35.5. The number of aromatic nitrogens is 1. The molecule has 3 aromatic rings. The average molecular weight is 488 g/mol. The van der Waals surface area contributed by atoms with Crippen molar-refractivity contribution in [2.45, 2.75) is 32.5 Å². The summed E-state index contributed by atoms with van der Waals surface area (Å²) in [7, 11) is 0. The number of nitrogens with one attached hydrogen (secondary N) is 1. The van der Waals surface area contributed by atoms with Crippen molar-refractivity contribution in [1.29, 1.82) is 0 Å². The number of halogens is 3. The van der Waals surface area contributed by atoms with E-state index in [2.05, 4.69) is 10.3 Å². The molecule has 1 unspecified atom stereocenters. The van der Waals surface area contributed by atoms with Gasteiger partial charge in [0, 0.05) is 35.6 Å². The highest BCUT2D eigenvalue weighted by Gasteiger charge is 2.30. The number of pyridine rings is 1. The molecule has 0 saturated carbocycles. The number of amides is 2. The van der Waals surface area contributed by atoms with Crippen LogP contribution in [0.15, 0.2) is 54.7 Å². The first-order valence-electron chi connectivity index (χ1n) is 10.3. The normalized spacial score (nSPS) is 15.5. The summed E-state index contributed by atoms with van der Waals surface area (Å²) in [5.41, 5.74) is 2.11. The molecule has 1 aromatic heterocycles. The van der Waals surface area contributed by atoms with Crippen LogP contribution in [0.3, 0.4) is 0 Å². The summed E-state index contributed by atoms with van der Waals surface area (Å²) in [4.78, 5) is 31.3. The zero-order valence-electron chi connectivity index (χ0n) is 17.6. The van der Waals surface area contributed by atoms with E-state index in [4.69, 9.17) is 27.9 Å². The molecule has 0 fully saturated rings. The highest BCUT2D eigenvalue weighted by Crippen LogP contribution is 2.31. The second kappa shape index (κ2) is 9.77. The maximum atomic E-state index is 13.4. The highest BCUT2D eigenvalue weighted by molar-refractivity contribution is 6.33. The lowest BCUT2D eigenvalue weighted by atomic mass is 10.1. The van der Waals surface area contributed by atoms with Gasteiger partial charge in [0.25, 0.3) is 11.8 Å². The standard InChI is InChI=1S/C24H20Cl2FN3O3/c1-2-20-24(32)30(12-14-5-6-16(27)11-19(14)25)13-15-10-17(7-8-21(15)33-20)29-23(31)18-4-3-9-28-22(18)26/h3-11,20H,2,12-13H2,1H3,(H,29,31). The molecule has 1 atom stereocenters. The number of anilines is 1. The molecule has 0 bridgehead atoms. The maximum absolute atomic E-state index is 13.4. The first-order valence-corrected chi connectivity index (χ1v) is 11.1. The number of rotatable bonds is 5. The lowest BCUT2D eigenvalue weighted by Gasteiger charge is -2.23. The van der Waals surface area contributed by atoms with Gasteiger partial charge in [-0.3, -0.25) is 9.59 Å². The molecule has 0 aliphatic carbocycles. The minimum absolute atomic E-state index is 0.104. The van der Waals surface area contributed by atoms with Crippen molar-refractivity contribution in [3.63, 3.8) is 0 Å². The number of carbonyl (C=O) groups excluding carboxylic acids is 2. The Bertz CT molecular complexity index is 1220. The number of hydrogen-bond acceptors (Lipinski definition) is 4. The summed E-state index contributed by atoms with van der Waals surface area (Å²) in [6.45, 7) is 2.29. The van der Waals surface area contributed by atoms with E-state index in [9.17, 15) is 14.0 Å². The third kappa shape index (κ3) is 5.10. The van der Waals surface area contributed by atoms with Crippen LogP contribution in [0.4, 0.5) is 10.1 Å². The van der Waals surface area contributed by atoms with Crippen molar-refractivity contribution in [3.05, 3.63) is 87.4 Å². The smallest absolute Gasteiger partial charge is 0.264 e. The molecule has 2 heterocycles. The Balaban J connectivity index is 1.61.